The van der Waals surface area contributed by atoms with Crippen molar-refractivity contribution in [3.63, 3.8) is 0 Å². The first kappa shape index (κ1) is 9.27. The monoisotopic (exact) mass is 251 g/mol. The number of nitrogens with two attached hydrogens (primary N) is 1. The van der Waals surface area contributed by atoms with E-state index in [1.807, 2.05) is 25.2 Å². The summed E-state index contributed by atoms with van der Waals surface area (Å²) in [4.78, 5) is 4.23. The largest absolute Gasteiger partial charge is 0.398 e. The van der Waals surface area contributed by atoms with Gasteiger partial charge in [0, 0.05) is 34.2 Å². The smallest absolute Gasteiger partial charge is 0.134 e. The lowest BCUT2D eigenvalue weighted by molar-refractivity contribution is 1.31. The van der Waals surface area contributed by atoms with Crippen molar-refractivity contribution in [2.45, 2.75) is 0 Å². The molecule has 0 aliphatic heterocycles. The molecule has 0 amide bonds. The van der Waals surface area contributed by atoms with Gasteiger partial charge in [0.25, 0.3) is 0 Å². The van der Waals surface area contributed by atoms with Gasteiger partial charge >= 0.3 is 0 Å². The number of benzene rings is 1. The fourth-order valence-electron chi connectivity index (χ4n) is 1.47. The van der Waals surface area contributed by atoms with E-state index < -0.39 is 0 Å². The number of fused-ring (bicyclic) bond motifs is 1. The SMILES string of the molecule is CNc1nccc2c(N)ccc(Br)c12. The molecule has 0 unspecified atom stereocenters. The van der Waals surface area contributed by atoms with Crippen LogP contribution in [0, 0.1) is 0 Å². The first-order chi connectivity index (χ1) is 6.74. The summed E-state index contributed by atoms with van der Waals surface area (Å²) < 4.78 is 0.999. The number of pyridine rings is 1. The van der Waals surface area contributed by atoms with Crippen LogP contribution in [0.25, 0.3) is 10.8 Å². The van der Waals surface area contributed by atoms with E-state index in [-0.39, 0.29) is 0 Å². The number of nitrogens with zero attached hydrogens (tertiary/aromatic N) is 1. The molecule has 1 heterocycles. The number of rotatable bonds is 1. The van der Waals surface area contributed by atoms with Gasteiger partial charge in [-0.25, -0.2) is 4.98 Å². The second-order valence-corrected chi connectivity index (χ2v) is 3.82. The Morgan fingerprint density at radius 1 is 1.36 bits per heavy atom. The van der Waals surface area contributed by atoms with E-state index in [9.17, 15) is 0 Å². The van der Waals surface area contributed by atoms with Crippen LogP contribution in [0.1, 0.15) is 0 Å². The molecule has 0 aliphatic rings. The van der Waals surface area contributed by atoms with Crippen LogP contribution in [-0.4, -0.2) is 12.0 Å². The van der Waals surface area contributed by atoms with Crippen LogP contribution in [-0.2, 0) is 0 Å². The number of nitrogen functional groups attached to an aromatic ring is 1. The standard InChI is InChI=1S/C10H10BrN3/c1-13-10-9-6(4-5-14-10)8(12)3-2-7(9)11/h2-5H,12H2,1H3,(H,13,14). The quantitative estimate of drug-likeness (QED) is 0.767. The maximum atomic E-state index is 5.87. The van der Waals surface area contributed by atoms with E-state index >= 15 is 0 Å². The van der Waals surface area contributed by atoms with Crippen LogP contribution in [0.4, 0.5) is 11.5 Å². The molecule has 2 aromatic rings. The number of nitrogens with one attached hydrogen (secondary N) is 1. The summed E-state index contributed by atoms with van der Waals surface area (Å²) in [5.74, 6) is 0.835. The highest BCUT2D eigenvalue weighted by molar-refractivity contribution is 9.10. The average molecular weight is 252 g/mol. The molecule has 0 saturated heterocycles. The van der Waals surface area contributed by atoms with Gasteiger partial charge in [-0.3, -0.25) is 0 Å². The van der Waals surface area contributed by atoms with E-state index in [1.54, 1.807) is 6.20 Å². The van der Waals surface area contributed by atoms with Crippen molar-refractivity contribution >= 4 is 38.2 Å². The molecule has 1 aromatic carbocycles. The van der Waals surface area contributed by atoms with Gasteiger partial charge < -0.3 is 11.1 Å². The van der Waals surface area contributed by atoms with Crippen LogP contribution in [0.15, 0.2) is 28.9 Å². The summed E-state index contributed by atoms with van der Waals surface area (Å²) >= 11 is 3.49. The molecule has 0 bridgehead atoms. The highest BCUT2D eigenvalue weighted by atomic mass is 79.9. The minimum Gasteiger partial charge on any atom is -0.398 e. The van der Waals surface area contributed by atoms with Gasteiger partial charge in [-0.2, -0.15) is 0 Å². The number of hydrogen-bond acceptors (Lipinski definition) is 3. The van der Waals surface area contributed by atoms with Gasteiger partial charge in [0.2, 0.25) is 0 Å². The molecule has 0 fully saturated rings. The molecule has 2 rings (SSSR count). The van der Waals surface area contributed by atoms with E-state index in [1.165, 1.54) is 0 Å². The lowest BCUT2D eigenvalue weighted by Gasteiger charge is -2.08. The van der Waals surface area contributed by atoms with E-state index in [4.69, 9.17) is 5.73 Å². The Hall–Kier alpha value is -1.29. The Labute approximate surface area is 90.5 Å². The van der Waals surface area contributed by atoms with Crippen LogP contribution >= 0.6 is 15.9 Å². The molecule has 3 nitrogen and oxygen atoms in total. The number of anilines is 2. The van der Waals surface area contributed by atoms with Crippen LogP contribution in [0.2, 0.25) is 0 Å². The molecule has 3 N–H and O–H groups in total. The summed E-state index contributed by atoms with van der Waals surface area (Å²) in [7, 11) is 1.84. The van der Waals surface area contributed by atoms with Crippen LogP contribution < -0.4 is 11.1 Å². The summed E-state index contributed by atoms with van der Waals surface area (Å²) in [6.07, 6.45) is 1.75. The summed E-state index contributed by atoms with van der Waals surface area (Å²) in [5, 5.41) is 5.08. The van der Waals surface area contributed by atoms with Crippen molar-refractivity contribution < 1.29 is 0 Å². The molecule has 14 heavy (non-hydrogen) atoms. The molecule has 0 radical (unpaired) electrons. The summed E-state index contributed by atoms with van der Waals surface area (Å²) in [5.41, 5.74) is 6.64. The predicted octanol–water partition coefficient (Wildman–Crippen LogP) is 2.62. The topological polar surface area (TPSA) is 50.9 Å². The van der Waals surface area contributed by atoms with Gasteiger partial charge in [0.05, 0.1) is 0 Å². The third-order valence-corrected chi connectivity index (χ3v) is 2.81. The summed E-state index contributed by atoms with van der Waals surface area (Å²) in [6.45, 7) is 0. The number of halogens is 1. The molecule has 72 valence electrons. The molecule has 0 spiro atoms. The van der Waals surface area contributed by atoms with Crippen molar-refractivity contribution in [2.75, 3.05) is 18.1 Å². The van der Waals surface area contributed by atoms with Crippen molar-refractivity contribution in [3.8, 4) is 0 Å². The molecule has 1 aromatic heterocycles. The van der Waals surface area contributed by atoms with E-state index in [0.29, 0.717) is 0 Å². The van der Waals surface area contributed by atoms with Crippen molar-refractivity contribution in [1.29, 1.82) is 0 Å². The van der Waals surface area contributed by atoms with Crippen LogP contribution in [0.5, 0.6) is 0 Å². The minimum atomic E-state index is 0.766. The average Bonchev–Trinajstić information content (AvgIpc) is 2.23. The van der Waals surface area contributed by atoms with Gasteiger partial charge in [-0.15, -0.1) is 0 Å². The highest BCUT2D eigenvalue weighted by Crippen LogP contribution is 2.32. The molecule has 0 saturated carbocycles. The molecular formula is C10H10BrN3. The second-order valence-electron chi connectivity index (χ2n) is 2.97. The Kier molecular flexibility index (Phi) is 2.29. The van der Waals surface area contributed by atoms with Crippen LogP contribution in [0.3, 0.4) is 0 Å². The fraction of sp³-hybridized carbons (Fsp3) is 0.100. The highest BCUT2D eigenvalue weighted by Gasteiger charge is 2.06. The van der Waals surface area contributed by atoms with Gasteiger partial charge in [-0.05, 0) is 18.2 Å². The molecule has 0 aliphatic carbocycles. The molecule has 0 atom stereocenters. The first-order valence-electron chi connectivity index (χ1n) is 4.24. The van der Waals surface area contributed by atoms with Gasteiger partial charge in [0.1, 0.15) is 5.82 Å². The normalized spacial score (nSPS) is 10.4. The minimum absolute atomic E-state index is 0.766. The van der Waals surface area contributed by atoms with Gasteiger partial charge in [0.15, 0.2) is 0 Å². The predicted molar refractivity (Wildman–Crippen MR) is 63.4 cm³/mol. The number of aromatic nitrogens is 1. The van der Waals surface area contributed by atoms with Crippen molar-refractivity contribution in [1.82, 2.24) is 4.98 Å². The third-order valence-electron chi connectivity index (χ3n) is 2.15. The lowest BCUT2D eigenvalue weighted by atomic mass is 10.1. The van der Waals surface area contributed by atoms with Crippen molar-refractivity contribution in [3.05, 3.63) is 28.9 Å². The van der Waals surface area contributed by atoms with Crippen molar-refractivity contribution in [2.24, 2.45) is 0 Å². The van der Waals surface area contributed by atoms with E-state index in [2.05, 4.69) is 26.2 Å². The Morgan fingerprint density at radius 3 is 2.86 bits per heavy atom. The Bertz CT molecular complexity index is 482. The molecular weight excluding hydrogens is 242 g/mol. The first-order valence-corrected chi connectivity index (χ1v) is 5.04. The zero-order valence-corrected chi connectivity index (χ0v) is 9.30. The zero-order valence-electron chi connectivity index (χ0n) is 7.71. The Balaban J connectivity index is 2.92. The third kappa shape index (κ3) is 1.32. The number of hydrogen-bond donors (Lipinski definition) is 2. The fourth-order valence-corrected chi connectivity index (χ4v) is 2.00. The maximum absolute atomic E-state index is 5.87. The Morgan fingerprint density at radius 2 is 2.14 bits per heavy atom. The zero-order chi connectivity index (χ0) is 10.1. The summed E-state index contributed by atoms with van der Waals surface area (Å²) in [6, 6.07) is 5.72. The second kappa shape index (κ2) is 3.46. The lowest BCUT2D eigenvalue weighted by Crippen LogP contribution is -1.95. The molecule has 4 heteroatoms. The van der Waals surface area contributed by atoms with E-state index in [0.717, 1.165) is 26.8 Å². The van der Waals surface area contributed by atoms with Gasteiger partial charge in [-0.1, -0.05) is 15.9 Å². The maximum Gasteiger partial charge on any atom is 0.134 e.